The number of unbranched alkanes of at least 4 members (excludes halogenated alkanes) is 18. The van der Waals surface area contributed by atoms with E-state index < -0.39 is 0 Å². The van der Waals surface area contributed by atoms with Gasteiger partial charge in [0.1, 0.15) is 0 Å². The number of hydrogen-bond acceptors (Lipinski definition) is 2. The van der Waals surface area contributed by atoms with Crippen LogP contribution in [-0.4, -0.2) is 25.1 Å². The molecule has 0 heterocycles. The van der Waals surface area contributed by atoms with Crippen LogP contribution < -0.4 is 0 Å². The third kappa shape index (κ3) is 25.4. The Morgan fingerprint density at radius 1 is 0.606 bits per heavy atom. The van der Waals surface area contributed by atoms with E-state index >= 15 is 0 Å². The zero-order valence-electron chi connectivity index (χ0n) is 22.6. The van der Waals surface area contributed by atoms with Gasteiger partial charge < -0.3 is 0 Å². The van der Waals surface area contributed by atoms with Crippen LogP contribution >= 0.6 is 0 Å². The van der Waals surface area contributed by atoms with Gasteiger partial charge in [-0.25, -0.2) is 5.06 Å². The smallest absolute Gasteiger partial charge is 0.245 e. The van der Waals surface area contributed by atoms with Crippen LogP contribution in [0.25, 0.3) is 0 Å². The molecule has 0 aliphatic rings. The van der Waals surface area contributed by atoms with Crippen molar-refractivity contribution in [2.24, 2.45) is 0 Å². The summed E-state index contributed by atoms with van der Waals surface area (Å²) in [5, 5.41) is 1.32. The molecule has 0 radical (unpaired) electrons. The summed E-state index contributed by atoms with van der Waals surface area (Å²) >= 11 is 0. The summed E-state index contributed by atoms with van der Waals surface area (Å²) in [7, 11) is 3.20. The minimum atomic E-state index is 0.0718. The fraction of sp³-hybridized carbons (Fsp3) is 0.833. The van der Waals surface area contributed by atoms with Crippen molar-refractivity contribution >= 4 is 5.91 Å². The van der Waals surface area contributed by atoms with E-state index in [9.17, 15) is 4.79 Å². The second kappa shape index (κ2) is 27.2. The minimum Gasteiger partial charge on any atom is -0.275 e. The molecule has 0 unspecified atom stereocenters. The first-order valence-corrected chi connectivity index (χ1v) is 14.3. The molecular weight excluding hydrogens is 406 g/mol. The van der Waals surface area contributed by atoms with E-state index in [2.05, 4.69) is 31.2 Å². The Hall–Kier alpha value is -1.09. The zero-order valence-corrected chi connectivity index (χ0v) is 22.6. The number of hydrogen-bond donors (Lipinski definition) is 0. The lowest BCUT2D eigenvalue weighted by Gasteiger charge is -2.12. The molecule has 0 atom stereocenters. The first-order chi connectivity index (χ1) is 16.2. The largest absolute Gasteiger partial charge is 0.275 e. The van der Waals surface area contributed by atoms with Gasteiger partial charge in [-0.15, -0.1) is 0 Å². The van der Waals surface area contributed by atoms with Crippen molar-refractivity contribution in [2.75, 3.05) is 14.2 Å². The van der Waals surface area contributed by atoms with Crippen LogP contribution in [0.5, 0.6) is 0 Å². The average Bonchev–Trinajstić information content (AvgIpc) is 2.83. The van der Waals surface area contributed by atoms with Crippen LogP contribution in [0.2, 0.25) is 0 Å². The molecule has 3 nitrogen and oxygen atoms in total. The molecule has 0 aliphatic carbocycles. The number of carbonyl (C=O) groups excluding carboxylic acids is 1. The van der Waals surface area contributed by atoms with Gasteiger partial charge >= 0.3 is 0 Å². The summed E-state index contributed by atoms with van der Waals surface area (Å²) in [4.78, 5) is 16.5. The van der Waals surface area contributed by atoms with Crippen molar-refractivity contribution in [2.45, 2.75) is 148 Å². The lowest BCUT2D eigenvalue weighted by molar-refractivity contribution is -0.168. The maximum atomic E-state index is 11.6. The van der Waals surface area contributed by atoms with Gasteiger partial charge in [-0.05, 0) is 38.5 Å². The van der Waals surface area contributed by atoms with Crippen molar-refractivity contribution in [3.8, 4) is 0 Å². The van der Waals surface area contributed by atoms with E-state index in [1.54, 1.807) is 7.05 Å². The van der Waals surface area contributed by atoms with Crippen LogP contribution in [0.4, 0.5) is 0 Å². The first kappa shape index (κ1) is 31.9. The highest BCUT2D eigenvalue weighted by molar-refractivity contribution is 5.74. The molecule has 0 saturated heterocycles. The highest BCUT2D eigenvalue weighted by atomic mass is 16.7. The Morgan fingerprint density at radius 3 is 1.42 bits per heavy atom. The van der Waals surface area contributed by atoms with Gasteiger partial charge in [-0.1, -0.05) is 128 Å². The quantitative estimate of drug-likeness (QED) is 0.0765. The van der Waals surface area contributed by atoms with Crippen molar-refractivity contribution in [3.63, 3.8) is 0 Å². The number of hydroxylamine groups is 2. The summed E-state index contributed by atoms with van der Waals surface area (Å²) in [5.74, 6) is 0.0718. The number of rotatable bonds is 25. The van der Waals surface area contributed by atoms with Crippen molar-refractivity contribution in [1.82, 2.24) is 5.06 Å². The summed E-state index contributed by atoms with van der Waals surface area (Å²) < 4.78 is 0. The van der Waals surface area contributed by atoms with Crippen molar-refractivity contribution < 1.29 is 9.63 Å². The lowest BCUT2D eigenvalue weighted by Crippen LogP contribution is -2.24. The molecule has 0 aromatic carbocycles. The molecule has 3 heteroatoms. The summed E-state index contributed by atoms with van der Waals surface area (Å²) in [6.07, 6.45) is 37.8. The average molecular weight is 464 g/mol. The van der Waals surface area contributed by atoms with E-state index in [0.717, 1.165) is 19.3 Å². The highest BCUT2D eigenvalue weighted by Gasteiger charge is 2.06. The maximum absolute atomic E-state index is 11.6. The van der Waals surface area contributed by atoms with E-state index in [0.29, 0.717) is 6.42 Å². The van der Waals surface area contributed by atoms with Gasteiger partial charge in [0, 0.05) is 13.5 Å². The van der Waals surface area contributed by atoms with Crippen LogP contribution in [0.1, 0.15) is 148 Å². The third-order valence-electron chi connectivity index (χ3n) is 6.47. The standard InChI is InChI=1S/C30H57NO2/c1-4-5-6-7-8-9-10-11-12-13-14-15-16-17-18-19-20-21-22-23-24-25-26-27-28-29-30(32)31(2)33-3/h18-19,21-22H,4-17,20,23-29H2,1-3H3. The van der Waals surface area contributed by atoms with E-state index in [1.165, 1.54) is 128 Å². The monoisotopic (exact) mass is 463 g/mol. The zero-order chi connectivity index (χ0) is 24.2. The number of nitrogens with zero attached hydrogens (tertiary/aromatic N) is 1. The van der Waals surface area contributed by atoms with Gasteiger partial charge in [-0.2, -0.15) is 0 Å². The van der Waals surface area contributed by atoms with Gasteiger partial charge in [0.25, 0.3) is 0 Å². The van der Waals surface area contributed by atoms with Gasteiger partial charge in [0.2, 0.25) is 5.91 Å². The molecule has 0 aromatic heterocycles. The Bertz CT molecular complexity index is 458. The minimum absolute atomic E-state index is 0.0718. The Morgan fingerprint density at radius 2 is 1.00 bits per heavy atom. The second-order valence-electron chi connectivity index (χ2n) is 9.59. The summed E-state index contributed by atoms with van der Waals surface area (Å²) in [6, 6.07) is 0. The molecule has 0 aliphatic heterocycles. The van der Waals surface area contributed by atoms with E-state index in [-0.39, 0.29) is 5.91 Å². The molecule has 1 amide bonds. The van der Waals surface area contributed by atoms with Gasteiger partial charge in [0.15, 0.2) is 0 Å². The molecule has 0 fully saturated rings. The SMILES string of the molecule is CCCCCCCCCCCCCCCC=CCC=CCCCCCCCC(=O)N(C)OC. The Kier molecular flexibility index (Phi) is 26.3. The number of carbonyl (C=O) groups is 1. The molecular formula is C30H57NO2. The molecule has 0 spiro atoms. The van der Waals surface area contributed by atoms with Crippen molar-refractivity contribution in [3.05, 3.63) is 24.3 Å². The summed E-state index contributed by atoms with van der Waals surface area (Å²) in [5.41, 5.74) is 0. The lowest BCUT2D eigenvalue weighted by atomic mass is 10.0. The molecule has 0 bridgehead atoms. The van der Waals surface area contributed by atoms with E-state index in [4.69, 9.17) is 4.84 Å². The van der Waals surface area contributed by atoms with Crippen LogP contribution in [0.15, 0.2) is 24.3 Å². The second-order valence-corrected chi connectivity index (χ2v) is 9.59. The topological polar surface area (TPSA) is 29.5 Å². The third-order valence-corrected chi connectivity index (χ3v) is 6.47. The Balaban J connectivity index is 3.23. The molecule has 0 rings (SSSR count). The van der Waals surface area contributed by atoms with Crippen LogP contribution in [0.3, 0.4) is 0 Å². The van der Waals surface area contributed by atoms with Crippen LogP contribution in [0, 0.1) is 0 Å². The van der Waals surface area contributed by atoms with E-state index in [1.807, 2.05) is 0 Å². The number of amides is 1. The molecule has 0 aromatic rings. The predicted molar refractivity (Wildman–Crippen MR) is 145 cm³/mol. The summed E-state index contributed by atoms with van der Waals surface area (Å²) in [6.45, 7) is 2.29. The maximum Gasteiger partial charge on any atom is 0.245 e. The molecule has 0 saturated carbocycles. The fourth-order valence-electron chi connectivity index (χ4n) is 4.11. The number of allylic oxidation sites excluding steroid dienone is 4. The highest BCUT2D eigenvalue weighted by Crippen LogP contribution is 2.13. The molecule has 0 N–H and O–H groups in total. The molecule has 194 valence electrons. The Labute approximate surface area is 207 Å². The van der Waals surface area contributed by atoms with Gasteiger partial charge in [0.05, 0.1) is 7.11 Å². The van der Waals surface area contributed by atoms with Gasteiger partial charge in [-0.3, -0.25) is 9.63 Å². The fourth-order valence-corrected chi connectivity index (χ4v) is 4.11. The first-order valence-electron chi connectivity index (χ1n) is 14.3. The predicted octanol–water partition coefficient (Wildman–Crippen LogP) is 9.72. The van der Waals surface area contributed by atoms with Crippen molar-refractivity contribution in [1.29, 1.82) is 0 Å². The normalized spacial score (nSPS) is 11.7. The van der Waals surface area contributed by atoms with Crippen LogP contribution in [-0.2, 0) is 9.63 Å². The molecule has 33 heavy (non-hydrogen) atoms.